The Morgan fingerprint density at radius 1 is 1.05 bits per heavy atom. The zero-order valence-electron chi connectivity index (χ0n) is 10.9. The van der Waals surface area contributed by atoms with Crippen LogP contribution < -0.4 is 0 Å². The molecule has 1 heterocycles. The average Bonchev–Trinajstić information content (AvgIpc) is 2.46. The largest absolute Gasteiger partial charge is 0.280 e. The Bertz CT molecular complexity index is 795. The van der Waals surface area contributed by atoms with E-state index in [1.54, 1.807) is 18.2 Å². The number of rotatable bonds is 2. The van der Waals surface area contributed by atoms with Gasteiger partial charge in [0.1, 0.15) is 0 Å². The standard InChI is InChI=1S/C16H12N2O2/c1-11-6-8-12(9-7-11)15-10-16(18(19)20)13-4-2-3-5-14(13)17-15/h2-10H,1H3. The topological polar surface area (TPSA) is 56.0 Å². The first kappa shape index (κ1) is 12.3. The van der Waals surface area contributed by atoms with Gasteiger partial charge < -0.3 is 0 Å². The molecule has 0 aliphatic rings. The third-order valence-corrected chi connectivity index (χ3v) is 3.24. The SMILES string of the molecule is Cc1ccc(-c2cc([N+](=O)[O-])c3ccccc3n2)cc1. The number of benzene rings is 2. The Labute approximate surface area is 115 Å². The molecule has 1 aromatic heterocycles. The predicted molar refractivity (Wildman–Crippen MR) is 78.6 cm³/mol. The van der Waals surface area contributed by atoms with Gasteiger partial charge in [0.25, 0.3) is 5.69 Å². The lowest BCUT2D eigenvalue weighted by Gasteiger charge is -2.05. The van der Waals surface area contributed by atoms with Crippen molar-refractivity contribution in [2.24, 2.45) is 0 Å². The van der Waals surface area contributed by atoms with Crippen LogP contribution in [0.3, 0.4) is 0 Å². The smallest absolute Gasteiger partial charge is 0.258 e. The van der Waals surface area contributed by atoms with E-state index in [2.05, 4.69) is 4.98 Å². The average molecular weight is 264 g/mol. The second kappa shape index (κ2) is 4.74. The summed E-state index contributed by atoms with van der Waals surface area (Å²) in [5.41, 5.74) is 3.37. The first-order valence-electron chi connectivity index (χ1n) is 6.26. The Kier molecular flexibility index (Phi) is 2.91. The number of aromatic nitrogens is 1. The van der Waals surface area contributed by atoms with Crippen LogP contribution in [0.15, 0.2) is 54.6 Å². The fraction of sp³-hybridized carbons (Fsp3) is 0.0625. The van der Waals surface area contributed by atoms with Crippen molar-refractivity contribution >= 4 is 16.6 Å². The molecule has 0 fully saturated rings. The maximum Gasteiger partial charge on any atom is 0.280 e. The summed E-state index contributed by atoms with van der Waals surface area (Å²) >= 11 is 0. The molecular weight excluding hydrogens is 252 g/mol. The molecule has 20 heavy (non-hydrogen) atoms. The van der Waals surface area contributed by atoms with E-state index in [0.29, 0.717) is 16.6 Å². The molecule has 0 saturated heterocycles. The number of hydrogen-bond donors (Lipinski definition) is 0. The zero-order valence-corrected chi connectivity index (χ0v) is 10.9. The van der Waals surface area contributed by atoms with Crippen LogP contribution in [0.4, 0.5) is 5.69 Å². The molecule has 4 heteroatoms. The van der Waals surface area contributed by atoms with Crippen LogP contribution in [-0.4, -0.2) is 9.91 Å². The number of nitro groups is 1. The summed E-state index contributed by atoms with van der Waals surface area (Å²) in [5, 5.41) is 11.8. The van der Waals surface area contributed by atoms with Gasteiger partial charge in [0.15, 0.2) is 0 Å². The van der Waals surface area contributed by atoms with Crippen LogP contribution in [0.25, 0.3) is 22.2 Å². The molecule has 0 unspecified atom stereocenters. The Hall–Kier alpha value is -2.75. The van der Waals surface area contributed by atoms with E-state index in [0.717, 1.165) is 11.1 Å². The van der Waals surface area contributed by atoms with Gasteiger partial charge in [0.2, 0.25) is 0 Å². The van der Waals surface area contributed by atoms with Gasteiger partial charge in [-0.2, -0.15) is 0 Å². The van der Waals surface area contributed by atoms with Gasteiger partial charge in [0, 0.05) is 11.6 Å². The van der Waals surface area contributed by atoms with Gasteiger partial charge in [-0.1, -0.05) is 42.0 Å². The van der Waals surface area contributed by atoms with Crippen molar-refractivity contribution in [2.75, 3.05) is 0 Å². The number of pyridine rings is 1. The van der Waals surface area contributed by atoms with Crippen molar-refractivity contribution in [3.63, 3.8) is 0 Å². The molecule has 0 saturated carbocycles. The Morgan fingerprint density at radius 3 is 2.45 bits per heavy atom. The molecule has 0 spiro atoms. The first-order valence-corrected chi connectivity index (χ1v) is 6.26. The van der Waals surface area contributed by atoms with Crippen LogP contribution in [0.1, 0.15) is 5.56 Å². The molecule has 3 rings (SSSR count). The van der Waals surface area contributed by atoms with Crippen molar-refractivity contribution in [2.45, 2.75) is 6.92 Å². The van der Waals surface area contributed by atoms with Crippen molar-refractivity contribution in [1.29, 1.82) is 0 Å². The van der Waals surface area contributed by atoms with Gasteiger partial charge in [-0.25, -0.2) is 4.98 Å². The first-order chi connectivity index (χ1) is 9.65. The maximum absolute atomic E-state index is 11.2. The highest BCUT2D eigenvalue weighted by Gasteiger charge is 2.15. The van der Waals surface area contributed by atoms with E-state index in [4.69, 9.17) is 0 Å². The molecule has 2 aromatic carbocycles. The number of aryl methyl sites for hydroxylation is 1. The van der Waals surface area contributed by atoms with Gasteiger partial charge >= 0.3 is 0 Å². The van der Waals surface area contributed by atoms with Crippen LogP contribution in [-0.2, 0) is 0 Å². The van der Waals surface area contributed by atoms with E-state index in [1.807, 2.05) is 37.3 Å². The van der Waals surface area contributed by atoms with E-state index in [9.17, 15) is 10.1 Å². The minimum Gasteiger partial charge on any atom is -0.258 e. The van der Waals surface area contributed by atoms with Crippen molar-refractivity contribution in [3.05, 3.63) is 70.3 Å². The molecule has 0 atom stereocenters. The minimum absolute atomic E-state index is 0.0891. The van der Waals surface area contributed by atoms with Gasteiger partial charge in [-0.15, -0.1) is 0 Å². The summed E-state index contributed by atoms with van der Waals surface area (Å²) in [6, 6.07) is 16.5. The third kappa shape index (κ3) is 2.12. The monoisotopic (exact) mass is 264 g/mol. The second-order valence-corrected chi connectivity index (χ2v) is 4.67. The van der Waals surface area contributed by atoms with Gasteiger partial charge in [-0.3, -0.25) is 10.1 Å². The number of para-hydroxylation sites is 1. The fourth-order valence-corrected chi connectivity index (χ4v) is 2.18. The third-order valence-electron chi connectivity index (χ3n) is 3.24. The highest BCUT2D eigenvalue weighted by molar-refractivity contribution is 5.90. The molecule has 0 radical (unpaired) electrons. The predicted octanol–water partition coefficient (Wildman–Crippen LogP) is 4.12. The van der Waals surface area contributed by atoms with E-state index >= 15 is 0 Å². The van der Waals surface area contributed by atoms with Gasteiger partial charge in [0.05, 0.1) is 21.5 Å². The summed E-state index contributed by atoms with van der Waals surface area (Å²) < 4.78 is 0. The van der Waals surface area contributed by atoms with Crippen LogP contribution in [0.5, 0.6) is 0 Å². The molecule has 0 N–H and O–H groups in total. The highest BCUT2D eigenvalue weighted by atomic mass is 16.6. The van der Waals surface area contributed by atoms with E-state index in [-0.39, 0.29) is 10.6 Å². The van der Waals surface area contributed by atoms with Crippen LogP contribution >= 0.6 is 0 Å². The van der Waals surface area contributed by atoms with E-state index in [1.165, 1.54) is 6.07 Å². The molecule has 98 valence electrons. The summed E-state index contributed by atoms with van der Waals surface area (Å²) in [6.45, 7) is 2.00. The lowest BCUT2D eigenvalue weighted by atomic mass is 10.1. The normalized spacial score (nSPS) is 10.7. The minimum atomic E-state index is -0.359. The summed E-state index contributed by atoms with van der Waals surface area (Å²) in [4.78, 5) is 15.4. The lowest BCUT2D eigenvalue weighted by Crippen LogP contribution is -1.94. The summed E-state index contributed by atoms with van der Waals surface area (Å²) in [6.07, 6.45) is 0. The van der Waals surface area contributed by atoms with E-state index < -0.39 is 0 Å². The molecular formula is C16H12N2O2. The number of nitrogens with zero attached hydrogens (tertiary/aromatic N) is 2. The van der Waals surface area contributed by atoms with Crippen LogP contribution in [0, 0.1) is 17.0 Å². The Balaban J connectivity index is 2.27. The molecule has 3 aromatic rings. The quantitative estimate of drug-likeness (QED) is 0.516. The van der Waals surface area contributed by atoms with Gasteiger partial charge in [-0.05, 0) is 19.1 Å². The summed E-state index contributed by atoms with van der Waals surface area (Å²) in [5.74, 6) is 0. The van der Waals surface area contributed by atoms with Crippen molar-refractivity contribution in [1.82, 2.24) is 4.98 Å². The van der Waals surface area contributed by atoms with Crippen molar-refractivity contribution < 1.29 is 4.92 Å². The second-order valence-electron chi connectivity index (χ2n) is 4.67. The number of fused-ring (bicyclic) bond motifs is 1. The molecule has 0 aliphatic heterocycles. The summed E-state index contributed by atoms with van der Waals surface area (Å²) in [7, 11) is 0. The van der Waals surface area contributed by atoms with Crippen molar-refractivity contribution in [3.8, 4) is 11.3 Å². The fourth-order valence-electron chi connectivity index (χ4n) is 2.18. The highest BCUT2D eigenvalue weighted by Crippen LogP contribution is 2.29. The maximum atomic E-state index is 11.2. The number of hydrogen-bond acceptors (Lipinski definition) is 3. The molecule has 0 bridgehead atoms. The lowest BCUT2D eigenvalue weighted by molar-refractivity contribution is -0.383. The van der Waals surface area contributed by atoms with Crippen LogP contribution in [0.2, 0.25) is 0 Å². The zero-order chi connectivity index (χ0) is 14.1. The molecule has 4 nitrogen and oxygen atoms in total. The molecule has 0 aliphatic carbocycles. The molecule has 0 amide bonds. The Morgan fingerprint density at radius 2 is 1.75 bits per heavy atom.